The van der Waals surface area contributed by atoms with Crippen LogP contribution in [0.15, 0.2) is 66.9 Å². The molecule has 222 valence electrons. The summed E-state index contributed by atoms with van der Waals surface area (Å²) in [6, 6.07) is 14.9. The highest BCUT2D eigenvalue weighted by Crippen LogP contribution is 2.30. The Hall–Kier alpha value is -4.79. The highest BCUT2D eigenvalue weighted by Gasteiger charge is 2.37. The van der Waals surface area contributed by atoms with Crippen molar-refractivity contribution in [2.75, 3.05) is 23.7 Å². The highest BCUT2D eigenvalue weighted by molar-refractivity contribution is 7.90. The fourth-order valence-corrected chi connectivity index (χ4v) is 6.03. The summed E-state index contributed by atoms with van der Waals surface area (Å²) >= 11 is 0. The lowest BCUT2D eigenvalue weighted by molar-refractivity contribution is -0.0522. The van der Waals surface area contributed by atoms with Crippen molar-refractivity contribution in [1.29, 1.82) is 0 Å². The van der Waals surface area contributed by atoms with Crippen LogP contribution in [0.4, 0.5) is 20.3 Å². The Balaban J connectivity index is 1.23. The largest absolute Gasteiger partial charge is 0.454 e. The van der Waals surface area contributed by atoms with Gasteiger partial charge < -0.3 is 20.2 Å². The van der Waals surface area contributed by atoms with Crippen molar-refractivity contribution in [1.82, 2.24) is 19.5 Å². The molecule has 5 aromatic rings. The van der Waals surface area contributed by atoms with Crippen LogP contribution in [-0.2, 0) is 14.9 Å². The monoisotopic (exact) mass is 608 g/mol. The topological polar surface area (TPSA) is 153 Å². The van der Waals surface area contributed by atoms with E-state index in [9.17, 15) is 22.0 Å². The van der Waals surface area contributed by atoms with Gasteiger partial charge in [0.1, 0.15) is 17.4 Å². The highest BCUT2D eigenvalue weighted by atomic mass is 32.2. The van der Waals surface area contributed by atoms with Gasteiger partial charge in [0.15, 0.2) is 11.6 Å². The third-order valence-corrected chi connectivity index (χ3v) is 8.18. The van der Waals surface area contributed by atoms with E-state index in [0.717, 1.165) is 6.07 Å². The van der Waals surface area contributed by atoms with E-state index in [1.54, 1.807) is 44.2 Å². The number of rotatable bonds is 9. The molecule has 43 heavy (non-hydrogen) atoms. The predicted octanol–water partition coefficient (Wildman–Crippen LogP) is 4.58. The fraction of sp³-hybridized carbons (Fsp3) is 0.172. The first-order chi connectivity index (χ1) is 20.4. The van der Waals surface area contributed by atoms with Crippen LogP contribution in [0.2, 0.25) is 0 Å². The second-order valence-corrected chi connectivity index (χ2v) is 11.9. The number of carbonyl (C=O) groups excluding carboxylic acids is 1. The first-order valence-electron chi connectivity index (χ1n) is 13.0. The van der Waals surface area contributed by atoms with Gasteiger partial charge in [0, 0.05) is 10.9 Å². The molecule has 0 bridgehead atoms. The van der Waals surface area contributed by atoms with E-state index in [1.165, 1.54) is 35.1 Å². The second-order valence-electron chi connectivity index (χ2n) is 10.5. The zero-order valence-electron chi connectivity index (χ0n) is 22.9. The van der Waals surface area contributed by atoms with E-state index >= 15 is 0 Å². The number of anilines is 2. The molecule has 0 aliphatic carbocycles. The predicted molar refractivity (Wildman–Crippen MR) is 156 cm³/mol. The average Bonchev–Trinajstić information content (AvgIpc) is 3.51. The smallest absolute Gasteiger partial charge is 0.299 e. The summed E-state index contributed by atoms with van der Waals surface area (Å²) in [6.45, 7) is 3.86. The third kappa shape index (κ3) is 5.55. The number of aryl methyl sites for hydroxylation is 1. The van der Waals surface area contributed by atoms with Gasteiger partial charge in [0.05, 0.1) is 47.6 Å². The van der Waals surface area contributed by atoms with E-state index in [2.05, 4.69) is 19.5 Å². The molecular weight excluding hydrogens is 582 g/mol. The Kier molecular flexibility index (Phi) is 6.91. The lowest BCUT2D eigenvalue weighted by Gasteiger charge is -2.38. The van der Waals surface area contributed by atoms with Gasteiger partial charge in [-0.05, 0) is 67.9 Å². The Morgan fingerprint density at radius 2 is 1.88 bits per heavy atom. The number of ketones is 1. The maximum atomic E-state index is 14.8. The van der Waals surface area contributed by atoms with Gasteiger partial charge in [0.25, 0.3) is 10.2 Å². The minimum atomic E-state index is -4.10. The molecule has 11 nitrogen and oxygen atoms in total. The van der Waals surface area contributed by atoms with Crippen LogP contribution in [0.5, 0.6) is 11.5 Å². The van der Waals surface area contributed by atoms with E-state index in [-0.39, 0.29) is 41.7 Å². The van der Waals surface area contributed by atoms with Gasteiger partial charge >= 0.3 is 0 Å². The van der Waals surface area contributed by atoms with Crippen molar-refractivity contribution in [3.05, 3.63) is 95.3 Å². The number of benzene rings is 3. The van der Waals surface area contributed by atoms with E-state index in [0.29, 0.717) is 27.9 Å². The number of H-pyrrole nitrogens is 1. The lowest BCUT2D eigenvalue weighted by atomic mass is 10.0. The van der Waals surface area contributed by atoms with Crippen LogP contribution >= 0.6 is 0 Å². The van der Waals surface area contributed by atoms with Crippen molar-refractivity contribution < 1.29 is 31.5 Å². The number of aromatic amines is 1. The Bertz CT molecular complexity index is 2000. The molecule has 14 heteroatoms. The van der Waals surface area contributed by atoms with E-state index in [1.807, 2.05) is 0 Å². The maximum Gasteiger partial charge on any atom is 0.299 e. The van der Waals surface area contributed by atoms with E-state index < -0.39 is 33.2 Å². The van der Waals surface area contributed by atoms with Crippen LogP contribution in [0.3, 0.4) is 0 Å². The number of hydrogen-bond acceptors (Lipinski definition) is 7. The van der Waals surface area contributed by atoms with Crippen molar-refractivity contribution in [2.24, 2.45) is 0 Å². The zero-order chi connectivity index (χ0) is 30.5. The molecule has 0 spiro atoms. The Labute approximate surface area is 244 Å². The number of nitrogens with one attached hydrogen (secondary N) is 3. The SMILES string of the molecule is Cc1cc(Oc2ccccc2F)ccc1-n1ncc(C(=O)c2cc3cc(F)c(NS(=O)(=O)NC4(C)COC4)cc3[nH]2)c1N. The fourth-order valence-electron chi connectivity index (χ4n) is 4.77. The number of nitrogen functional groups attached to an aromatic ring is 1. The molecule has 2 aromatic heterocycles. The summed E-state index contributed by atoms with van der Waals surface area (Å²) in [7, 11) is -4.10. The maximum absolute atomic E-state index is 14.8. The molecule has 0 radical (unpaired) electrons. The zero-order valence-corrected chi connectivity index (χ0v) is 23.8. The molecule has 1 fully saturated rings. The number of para-hydroxylation sites is 1. The number of aromatic nitrogens is 3. The first kappa shape index (κ1) is 28.3. The number of nitrogens with zero attached hydrogens (tertiary/aromatic N) is 2. The van der Waals surface area contributed by atoms with Crippen molar-refractivity contribution >= 4 is 38.4 Å². The number of halogens is 2. The van der Waals surface area contributed by atoms with Crippen molar-refractivity contribution in [3.8, 4) is 17.2 Å². The molecule has 0 amide bonds. The Morgan fingerprint density at radius 3 is 2.58 bits per heavy atom. The number of hydrogen-bond donors (Lipinski definition) is 4. The third-order valence-electron chi connectivity index (χ3n) is 6.93. The minimum absolute atomic E-state index is 0.0636. The molecular formula is C29H26F2N6O5S. The van der Waals surface area contributed by atoms with Gasteiger partial charge in [-0.1, -0.05) is 12.1 Å². The summed E-state index contributed by atoms with van der Waals surface area (Å²) in [4.78, 5) is 16.3. The molecule has 3 aromatic carbocycles. The molecule has 3 heterocycles. The van der Waals surface area contributed by atoms with Gasteiger partial charge in [-0.3, -0.25) is 9.52 Å². The summed E-state index contributed by atoms with van der Waals surface area (Å²) in [5.74, 6) is -1.27. The van der Waals surface area contributed by atoms with Gasteiger partial charge in [-0.25, -0.2) is 13.5 Å². The molecule has 0 unspecified atom stereocenters. The van der Waals surface area contributed by atoms with Crippen LogP contribution < -0.4 is 19.9 Å². The Morgan fingerprint density at radius 1 is 1.12 bits per heavy atom. The van der Waals surface area contributed by atoms with Crippen molar-refractivity contribution in [2.45, 2.75) is 19.4 Å². The molecule has 5 N–H and O–H groups in total. The number of ether oxygens (including phenoxy) is 2. The number of fused-ring (bicyclic) bond motifs is 1. The van der Waals surface area contributed by atoms with Gasteiger partial charge in [-0.2, -0.15) is 18.2 Å². The molecule has 0 saturated carbocycles. The van der Waals surface area contributed by atoms with Crippen molar-refractivity contribution in [3.63, 3.8) is 0 Å². The minimum Gasteiger partial charge on any atom is -0.454 e. The average molecular weight is 609 g/mol. The summed E-state index contributed by atoms with van der Waals surface area (Å²) in [6.07, 6.45) is 1.32. The van der Waals surface area contributed by atoms with Gasteiger partial charge in [-0.15, -0.1) is 0 Å². The summed E-state index contributed by atoms with van der Waals surface area (Å²) in [5.41, 5.74) is 7.06. The van der Waals surface area contributed by atoms with Crippen LogP contribution in [0.1, 0.15) is 28.5 Å². The van der Waals surface area contributed by atoms with Crippen LogP contribution in [0.25, 0.3) is 16.6 Å². The van der Waals surface area contributed by atoms with Crippen LogP contribution in [-0.4, -0.2) is 47.7 Å². The quantitative estimate of drug-likeness (QED) is 0.179. The summed E-state index contributed by atoms with van der Waals surface area (Å²) in [5, 5.41) is 4.64. The standard InChI is InChI=1S/C29H26F2N6O5S/c1-16-9-18(42-26-6-4-3-5-20(26)30)7-8-25(16)37-28(32)19(13-33-37)27(38)24-11-17-10-21(31)23(12-22(17)34-24)35-43(39,40)36-29(2)14-41-15-29/h3-13,34-36H,14-15,32H2,1-2H3. The van der Waals surface area contributed by atoms with Crippen LogP contribution in [0, 0.1) is 18.6 Å². The number of nitrogens with two attached hydrogens (primary N) is 1. The summed E-state index contributed by atoms with van der Waals surface area (Å²) < 4.78 is 70.6. The lowest BCUT2D eigenvalue weighted by Crippen LogP contribution is -2.60. The molecule has 6 rings (SSSR count). The first-order valence-corrected chi connectivity index (χ1v) is 14.5. The number of carbonyl (C=O) groups is 1. The molecule has 1 aliphatic heterocycles. The molecule has 1 aliphatic rings. The van der Waals surface area contributed by atoms with Gasteiger partial charge in [0.2, 0.25) is 5.78 Å². The normalized spacial score (nSPS) is 14.4. The molecule has 0 atom stereocenters. The van der Waals surface area contributed by atoms with E-state index in [4.69, 9.17) is 15.2 Å². The second kappa shape index (κ2) is 10.5. The molecule has 1 saturated heterocycles.